The van der Waals surface area contributed by atoms with Crippen LogP contribution in [0.3, 0.4) is 0 Å². The van der Waals surface area contributed by atoms with E-state index in [-0.39, 0.29) is 19.1 Å². The van der Waals surface area contributed by atoms with Crippen molar-refractivity contribution in [2.24, 2.45) is 0 Å². The molecular formula is C16H23NO4. The first kappa shape index (κ1) is 17.0. The molecule has 0 saturated carbocycles. The third kappa shape index (κ3) is 6.29. The zero-order chi connectivity index (χ0) is 16.0. The van der Waals surface area contributed by atoms with Gasteiger partial charge in [-0.3, -0.25) is 9.59 Å². The molecule has 0 fully saturated rings. The van der Waals surface area contributed by atoms with E-state index in [1.807, 2.05) is 32.0 Å². The molecule has 1 N–H and O–H groups in total. The van der Waals surface area contributed by atoms with Gasteiger partial charge in [0.2, 0.25) is 0 Å². The maximum Gasteiger partial charge on any atom is 0.325 e. The van der Waals surface area contributed by atoms with Crippen molar-refractivity contribution >= 4 is 11.9 Å². The van der Waals surface area contributed by atoms with Crippen LogP contribution in [0.15, 0.2) is 18.2 Å². The van der Waals surface area contributed by atoms with Gasteiger partial charge in [0.1, 0.15) is 17.9 Å². The molecule has 1 rings (SSSR count). The normalized spacial score (nSPS) is 10.9. The van der Waals surface area contributed by atoms with E-state index < -0.39 is 11.6 Å². The lowest BCUT2D eigenvalue weighted by atomic mass is 10.1. The molecule has 0 unspecified atom stereocenters. The van der Waals surface area contributed by atoms with Gasteiger partial charge in [-0.15, -0.1) is 0 Å². The molecule has 0 atom stereocenters. The zero-order valence-corrected chi connectivity index (χ0v) is 13.3. The molecule has 0 heterocycles. The Kier molecular flexibility index (Phi) is 5.76. The fraction of sp³-hybridized carbons (Fsp3) is 0.500. The van der Waals surface area contributed by atoms with E-state index in [0.29, 0.717) is 5.75 Å². The number of ether oxygens (including phenoxy) is 2. The molecule has 5 heteroatoms. The monoisotopic (exact) mass is 293 g/mol. The van der Waals surface area contributed by atoms with E-state index in [1.54, 1.807) is 20.8 Å². The molecule has 0 aromatic heterocycles. The summed E-state index contributed by atoms with van der Waals surface area (Å²) in [6, 6.07) is 5.77. The first-order valence-corrected chi connectivity index (χ1v) is 6.86. The second-order valence-corrected chi connectivity index (χ2v) is 5.87. The summed E-state index contributed by atoms with van der Waals surface area (Å²) in [7, 11) is 0. The van der Waals surface area contributed by atoms with Gasteiger partial charge < -0.3 is 14.8 Å². The molecule has 5 nitrogen and oxygen atoms in total. The molecule has 1 aromatic rings. The number of carbonyl (C=O) groups excluding carboxylic acids is 2. The van der Waals surface area contributed by atoms with Crippen molar-refractivity contribution in [3.63, 3.8) is 0 Å². The Bertz CT molecular complexity index is 497. The lowest BCUT2D eigenvalue weighted by molar-refractivity contribution is -0.154. The van der Waals surface area contributed by atoms with Crippen molar-refractivity contribution in [3.8, 4) is 5.75 Å². The topological polar surface area (TPSA) is 64.6 Å². The summed E-state index contributed by atoms with van der Waals surface area (Å²) >= 11 is 0. The molecule has 0 spiro atoms. The zero-order valence-electron chi connectivity index (χ0n) is 13.3. The van der Waals surface area contributed by atoms with Crippen LogP contribution in [-0.2, 0) is 14.3 Å². The average molecular weight is 293 g/mol. The number of aryl methyl sites for hydroxylation is 2. The van der Waals surface area contributed by atoms with Crippen molar-refractivity contribution in [1.82, 2.24) is 5.32 Å². The lowest BCUT2D eigenvalue weighted by Crippen LogP contribution is -2.36. The molecule has 0 aliphatic rings. The van der Waals surface area contributed by atoms with Crippen LogP contribution in [0.1, 0.15) is 31.9 Å². The summed E-state index contributed by atoms with van der Waals surface area (Å²) in [6.45, 7) is 8.87. The molecule has 0 bridgehead atoms. The van der Waals surface area contributed by atoms with E-state index in [4.69, 9.17) is 9.47 Å². The largest absolute Gasteiger partial charge is 0.483 e. The maximum atomic E-state index is 11.7. The summed E-state index contributed by atoms with van der Waals surface area (Å²) < 4.78 is 10.6. The van der Waals surface area contributed by atoms with Crippen LogP contribution in [-0.4, -0.2) is 30.6 Å². The minimum Gasteiger partial charge on any atom is -0.483 e. The third-order valence-electron chi connectivity index (χ3n) is 2.61. The number of hydrogen-bond acceptors (Lipinski definition) is 4. The second-order valence-electron chi connectivity index (χ2n) is 5.87. The number of benzene rings is 1. The minimum absolute atomic E-state index is 0.130. The second kappa shape index (κ2) is 7.11. The minimum atomic E-state index is -0.559. The Morgan fingerprint density at radius 2 is 1.71 bits per heavy atom. The Morgan fingerprint density at radius 1 is 1.14 bits per heavy atom. The van der Waals surface area contributed by atoms with E-state index in [2.05, 4.69) is 5.32 Å². The number of rotatable bonds is 5. The molecule has 0 radical (unpaired) electrons. The SMILES string of the molecule is Cc1cccc(C)c1OCC(=O)NCC(=O)OC(C)(C)C. The van der Waals surface area contributed by atoms with Gasteiger partial charge in [-0.25, -0.2) is 0 Å². The first-order chi connectivity index (χ1) is 9.69. The van der Waals surface area contributed by atoms with Gasteiger partial charge in [-0.05, 0) is 45.7 Å². The number of hydrogen-bond donors (Lipinski definition) is 1. The van der Waals surface area contributed by atoms with E-state index in [0.717, 1.165) is 11.1 Å². The molecule has 116 valence electrons. The van der Waals surface area contributed by atoms with Crippen molar-refractivity contribution in [3.05, 3.63) is 29.3 Å². The van der Waals surface area contributed by atoms with E-state index in [1.165, 1.54) is 0 Å². The number of esters is 1. The molecular weight excluding hydrogens is 270 g/mol. The quantitative estimate of drug-likeness (QED) is 0.845. The standard InChI is InChI=1S/C16H23NO4/c1-11-7-6-8-12(2)15(11)20-10-13(18)17-9-14(19)21-16(3,4)5/h6-8H,9-10H2,1-5H3,(H,17,18). The van der Waals surface area contributed by atoms with Crippen molar-refractivity contribution in [1.29, 1.82) is 0 Å². The Hall–Kier alpha value is -2.04. The van der Waals surface area contributed by atoms with Crippen molar-refractivity contribution in [2.45, 2.75) is 40.2 Å². The molecule has 0 aliphatic heterocycles. The highest BCUT2D eigenvalue weighted by Gasteiger charge is 2.16. The third-order valence-corrected chi connectivity index (χ3v) is 2.61. The summed E-state index contributed by atoms with van der Waals surface area (Å²) in [5, 5.41) is 2.48. The van der Waals surface area contributed by atoms with E-state index >= 15 is 0 Å². The summed E-state index contributed by atoms with van der Waals surface area (Å²) in [6.07, 6.45) is 0. The van der Waals surface area contributed by atoms with Gasteiger partial charge in [0.15, 0.2) is 6.61 Å². The summed E-state index contributed by atoms with van der Waals surface area (Å²) in [5.41, 5.74) is 1.38. The van der Waals surface area contributed by atoms with Gasteiger partial charge >= 0.3 is 5.97 Å². The molecule has 0 saturated heterocycles. The van der Waals surface area contributed by atoms with Crippen LogP contribution < -0.4 is 10.1 Å². The Morgan fingerprint density at radius 3 is 2.24 bits per heavy atom. The number of nitrogens with one attached hydrogen (secondary N) is 1. The average Bonchev–Trinajstić information content (AvgIpc) is 2.33. The first-order valence-electron chi connectivity index (χ1n) is 6.86. The highest BCUT2D eigenvalue weighted by Crippen LogP contribution is 2.21. The predicted octanol–water partition coefficient (Wildman–Crippen LogP) is 2.14. The van der Waals surface area contributed by atoms with Gasteiger partial charge in [0.05, 0.1) is 0 Å². The fourth-order valence-corrected chi connectivity index (χ4v) is 1.76. The van der Waals surface area contributed by atoms with Gasteiger partial charge in [0.25, 0.3) is 5.91 Å². The Balaban J connectivity index is 2.40. The smallest absolute Gasteiger partial charge is 0.325 e. The Labute approximate surface area is 125 Å². The number of para-hydroxylation sites is 1. The highest BCUT2D eigenvalue weighted by molar-refractivity contribution is 5.83. The predicted molar refractivity (Wildman–Crippen MR) is 80.3 cm³/mol. The number of amides is 1. The van der Waals surface area contributed by atoms with Gasteiger partial charge in [0, 0.05) is 0 Å². The van der Waals surface area contributed by atoms with Crippen LogP contribution in [0.4, 0.5) is 0 Å². The van der Waals surface area contributed by atoms with Crippen LogP contribution in [0.2, 0.25) is 0 Å². The summed E-state index contributed by atoms with van der Waals surface area (Å²) in [5.74, 6) is -0.128. The van der Waals surface area contributed by atoms with Crippen LogP contribution in [0.25, 0.3) is 0 Å². The molecule has 0 aliphatic carbocycles. The van der Waals surface area contributed by atoms with Gasteiger partial charge in [-0.2, -0.15) is 0 Å². The van der Waals surface area contributed by atoms with Crippen LogP contribution >= 0.6 is 0 Å². The maximum absolute atomic E-state index is 11.7. The summed E-state index contributed by atoms with van der Waals surface area (Å²) in [4.78, 5) is 23.1. The van der Waals surface area contributed by atoms with Crippen molar-refractivity contribution < 1.29 is 19.1 Å². The molecule has 21 heavy (non-hydrogen) atoms. The van der Waals surface area contributed by atoms with Crippen molar-refractivity contribution in [2.75, 3.05) is 13.2 Å². The van der Waals surface area contributed by atoms with Gasteiger partial charge in [-0.1, -0.05) is 18.2 Å². The molecule has 1 amide bonds. The number of carbonyl (C=O) groups is 2. The fourth-order valence-electron chi connectivity index (χ4n) is 1.76. The highest BCUT2D eigenvalue weighted by atomic mass is 16.6. The molecule has 1 aromatic carbocycles. The van der Waals surface area contributed by atoms with Crippen LogP contribution in [0, 0.1) is 13.8 Å². The lowest BCUT2D eigenvalue weighted by Gasteiger charge is -2.19. The van der Waals surface area contributed by atoms with Crippen LogP contribution in [0.5, 0.6) is 5.75 Å². The van der Waals surface area contributed by atoms with E-state index in [9.17, 15) is 9.59 Å².